The number of benzene rings is 2. The number of halogens is 2. The van der Waals surface area contributed by atoms with E-state index in [9.17, 15) is 14.3 Å². The lowest BCUT2D eigenvalue weighted by molar-refractivity contribution is -0.135. The number of carbonyl (C=O) groups excluding carboxylic acids is 1. The summed E-state index contributed by atoms with van der Waals surface area (Å²) < 4.78 is 19.2. The number of amides is 1. The van der Waals surface area contributed by atoms with Gasteiger partial charge in [0.05, 0.1) is 12.3 Å². The predicted octanol–water partition coefficient (Wildman–Crippen LogP) is 5.19. The summed E-state index contributed by atoms with van der Waals surface area (Å²) in [6.07, 6.45) is 0. The van der Waals surface area contributed by atoms with Gasteiger partial charge in [0.25, 0.3) is 0 Å². The molecule has 0 aliphatic heterocycles. The fourth-order valence-corrected chi connectivity index (χ4v) is 3.92. The van der Waals surface area contributed by atoms with Crippen LogP contribution in [-0.4, -0.2) is 20.9 Å². The second kappa shape index (κ2) is 10.7. The summed E-state index contributed by atoms with van der Waals surface area (Å²) in [4.78, 5) is 18.9. The monoisotopic (exact) mass is 462 g/mol. The standard InChI is InChI=1S/C23H24ClFN2O3S/c1-15(2)23(29)27(10-16-3-6-19(25)7-4-16)11-17-9-18(24)5-8-21(17)30-13-22-26-20(12-28)14-31-22/h3-9,14-15,28H,10-13H2,1-2H3. The maximum absolute atomic E-state index is 13.3. The van der Waals surface area contributed by atoms with Crippen molar-refractivity contribution in [3.63, 3.8) is 0 Å². The molecule has 8 heteroatoms. The Morgan fingerprint density at radius 1 is 1.23 bits per heavy atom. The number of thiazole rings is 1. The molecule has 0 spiro atoms. The van der Waals surface area contributed by atoms with Gasteiger partial charge in [0.1, 0.15) is 23.2 Å². The molecule has 1 heterocycles. The van der Waals surface area contributed by atoms with E-state index in [2.05, 4.69) is 4.98 Å². The summed E-state index contributed by atoms with van der Waals surface area (Å²) in [6.45, 7) is 4.46. The first-order chi connectivity index (χ1) is 14.9. The van der Waals surface area contributed by atoms with Crippen LogP contribution in [0.1, 0.15) is 35.7 Å². The maximum Gasteiger partial charge on any atom is 0.225 e. The quantitative estimate of drug-likeness (QED) is 0.475. The molecular formula is C23H24ClFN2O3S. The van der Waals surface area contributed by atoms with E-state index in [-0.39, 0.29) is 30.9 Å². The zero-order valence-corrected chi connectivity index (χ0v) is 18.9. The number of aromatic nitrogens is 1. The summed E-state index contributed by atoms with van der Waals surface area (Å²) in [5, 5.41) is 12.2. The third-order valence-electron chi connectivity index (χ3n) is 4.59. The Hall–Kier alpha value is -2.48. The lowest BCUT2D eigenvalue weighted by Gasteiger charge is -2.26. The molecule has 5 nitrogen and oxygen atoms in total. The Bertz CT molecular complexity index is 1020. The van der Waals surface area contributed by atoms with Crippen molar-refractivity contribution >= 4 is 28.8 Å². The first-order valence-corrected chi connectivity index (χ1v) is 11.1. The highest BCUT2D eigenvalue weighted by atomic mass is 35.5. The minimum atomic E-state index is -0.317. The third kappa shape index (κ3) is 6.50. The molecule has 3 rings (SSSR count). The van der Waals surface area contributed by atoms with E-state index in [0.717, 1.165) is 16.1 Å². The van der Waals surface area contributed by atoms with Crippen molar-refractivity contribution in [3.05, 3.63) is 80.5 Å². The van der Waals surface area contributed by atoms with Gasteiger partial charge in [-0.1, -0.05) is 37.6 Å². The van der Waals surface area contributed by atoms with Crippen molar-refractivity contribution in [1.29, 1.82) is 0 Å². The van der Waals surface area contributed by atoms with Crippen LogP contribution in [0.15, 0.2) is 47.8 Å². The highest BCUT2D eigenvalue weighted by Gasteiger charge is 2.20. The Labute approximate surface area is 190 Å². The van der Waals surface area contributed by atoms with Gasteiger partial charge in [0.2, 0.25) is 5.91 Å². The van der Waals surface area contributed by atoms with Gasteiger partial charge < -0.3 is 14.7 Å². The number of hydrogen-bond acceptors (Lipinski definition) is 5. The summed E-state index contributed by atoms with van der Waals surface area (Å²) in [5.41, 5.74) is 2.20. The van der Waals surface area contributed by atoms with Crippen LogP contribution in [0.5, 0.6) is 5.75 Å². The number of aliphatic hydroxyl groups is 1. The molecule has 2 aromatic carbocycles. The van der Waals surface area contributed by atoms with Crippen molar-refractivity contribution < 1.29 is 19.0 Å². The Morgan fingerprint density at radius 2 is 1.97 bits per heavy atom. The zero-order valence-electron chi connectivity index (χ0n) is 17.3. The van der Waals surface area contributed by atoms with Gasteiger partial charge >= 0.3 is 0 Å². The summed E-state index contributed by atoms with van der Waals surface area (Å²) in [6, 6.07) is 11.4. The van der Waals surface area contributed by atoms with Gasteiger partial charge in [-0.05, 0) is 35.9 Å². The van der Waals surface area contributed by atoms with E-state index in [1.165, 1.54) is 23.5 Å². The van der Waals surface area contributed by atoms with Crippen LogP contribution in [0.25, 0.3) is 0 Å². The van der Waals surface area contributed by atoms with Crippen molar-refractivity contribution in [2.45, 2.75) is 40.2 Å². The van der Waals surface area contributed by atoms with E-state index < -0.39 is 0 Å². The van der Waals surface area contributed by atoms with Gasteiger partial charge in [-0.3, -0.25) is 4.79 Å². The van der Waals surface area contributed by atoms with Crippen LogP contribution < -0.4 is 4.74 Å². The number of ether oxygens (including phenoxy) is 1. The van der Waals surface area contributed by atoms with Crippen molar-refractivity contribution in [3.8, 4) is 5.75 Å². The molecule has 0 saturated heterocycles. The molecule has 1 aromatic heterocycles. The average molecular weight is 463 g/mol. The smallest absolute Gasteiger partial charge is 0.225 e. The molecule has 0 radical (unpaired) electrons. The molecule has 1 amide bonds. The molecule has 164 valence electrons. The number of nitrogens with zero attached hydrogens (tertiary/aromatic N) is 2. The second-order valence-corrected chi connectivity index (χ2v) is 8.79. The fraction of sp³-hybridized carbons (Fsp3) is 0.304. The topological polar surface area (TPSA) is 62.7 Å². The SMILES string of the molecule is CC(C)C(=O)N(Cc1ccc(F)cc1)Cc1cc(Cl)ccc1OCc1nc(CO)cs1. The third-order valence-corrected chi connectivity index (χ3v) is 5.69. The molecule has 0 fully saturated rings. The fourth-order valence-electron chi connectivity index (χ4n) is 3.03. The van der Waals surface area contributed by atoms with E-state index in [0.29, 0.717) is 29.6 Å². The van der Waals surface area contributed by atoms with Crippen molar-refractivity contribution in [2.75, 3.05) is 0 Å². The molecule has 3 aromatic rings. The molecule has 0 aliphatic carbocycles. The molecule has 31 heavy (non-hydrogen) atoms. The number of rotatable bonds is 9. The predicted molar refractivity (Wildman–Crippen MR) is 119 cm³/mol. The highest BCUT2D eigenvalue weighted by Crippen LogP contribution is 2.27. The minimum Gasteiger partial charge on any atom is -0.486 e. The Kier molecular flexibility index (Phi) is 8.01. The van der Waals surface area contributed by atoms with Crippen molar-refractivity contribution in [1.82, 2.24) is 9.88 Å². The van der Waals surface area contributed by atoms with Gasteiger partial charge in [-0.2, -0.15) is 0 Å². The van der Waals surface area contributed by atoms with Crippen LogP contribution in [0, 0.1) is 11.7 Å². The molecule has 0 saturated carbocycles. The van der Waals surface area contributed by atoms with Crippen LogP contribution >= 0.6 is 22.9 Å². The van der Waals surface area contributed by atoms with Gasteiger partial charge in [-0.25, -0.2) is 9.37 Å². The van der Waals surface area contributed by atoms with E-state index in [1.807, 2.05) is 13.8 Å². The van der Waals surface area contributed by atoms with Gasteiger partial charge in [-0.15, -0.1) is 11.3 Å². The lowest BCUT2D eigenvalue weighted by atomic mass is 10.1. The Balaban J connectivity index is 1.81. The second-order valence-electron chi connectivity index (χ2n) is 7.41. The summed E-state index contributed by atoms with van der Waals surface area (Å²) >= 11 is 7.63. The van der Waals surface area contributed by atoms with E-state index >= 15 is 0 Å². The van der Waals surface area contributed by atoms with Crippen LogP contribution in [0.2, 0.25) is 5.02 Å². The molecular weight excluding hydrogens is 439 g/mol. The van der Waals surface area contributed by atoms with Crippen LogP contribution in [0.4, 0.5) is 4.39 Å². The largest absolute Gasteiger partial charge is 0.486 e. The average Bonchev–Trinajstić information content (AvgIpc) is 3.21. The minimum absolute atomic E-state index is 0.0252. The normalized spacial score (nSPS) is 11.0. The van der Waals surface area contributed by atoms with E-state index in [1.54, 1.807) is 40.6 Å². The summed E-state index contributed by atoms with van der Waals surface area (Å²) in [7, 11) is 0. The molecule has 1 N–H and O–H groups in total. The lowest BCUT2D eigenvalue weighted by Crippen LogP contribution is -2.33. The van der Waals surface area contributed by atoms with E-state index in [4.69, 9.17) is 16.3 Å². The Morgan fingerprint density at radius 3 is 2.61 bits per heavy atom. The highest BCUT2D eigenvalue weighted by molar-refractivity contribution is 7.09. The summed E-state index contributed by atoms with van der Waals surface area (Å²) in [5.74, 6) is 0.0624. The van der Waals surface area contributed by atoms with Gasteiger partial charge in [0.15, 0.2) is 0 Å². The first-order valence-electron chi connectivity index (χ1n) is 9.84. The number of aliphatic hydroxyl groups excluding tert-OH is 1. The molecule has 0 aliphatic rings. The first kappa shape index (κ1) is 23.2. The van der Waals surface area contributed by atoms with Crippen LogP contribution in [-0.2, 0) is 31.1 Å². The van der Waals surface area contributed by atoms with Crippen LogP contribution in [0.3, 0.4) is 0 Å². The number of hydrogen-bond donors (Lipinski definition) is 1. The maximum atomic E-state index is 13.3. The number of carbonyl (C=O) groups is 1. The van der Waals surface area contributed by atoms with Crippen molar-refractivity contribution in [2.24, 2.45) is 5.92 Å². The molecule has 0 unspecified atom stereocenters. The zero-order chi connectivity index (χ0) is 22.4. The van der Waals surface area contributed by atoms with Gasteiger partial charge in [0, 0.05) is 35.0 Å². The molecule has 0 atom stereocenters. The molecule has 0 bridgehead atoms.